The summed E-state index contributed by atoms with van der Waals surface area (Å²) in [5, 5.41) is 2.00. The number of thiophene rings is 1. The molecule has 2 heterocycles. The lowest BCUT2D eigenvalue weighted by Crippen LogP contribution is -2.30. The molecule has 100 valence electrons. The van der Waals surface area contributed by atoms with E-state index in [1.165, 1.54) is 0 Å². The van der Waals surface area contributed by atoms with Crippen molar-refractivity contribution in [2.75, 3.05) is 12.0 Å². The first-order chi connectivity index (χ1) is 9.24. The van der Waals surface area contributed by atoms with Crippen LogP contribution in [0.2, 0.25) is 0 Å². The molecule has 0 fully saturated rings. The number of nitrogens with two attached hydrogens (primary N) is 1. The highest BCUT2D eigenvalue weighted by molar-refractivity contribution is 7.09. The van der Waals surface area contributed by atoms with Crippen LogP contribution in [0.4, 0.5) is 5.69 Å². The van der Waals surface area contributed by atoms with Gasteiger partial charge < -0.3 is 10.3 Å². The minimum Gasteiger partial charge on any atom is -0.332 e. The van der Waals surface area contributed by atoms with Crippen molar-refractivity contribution in [2.24, 2.45) is 5.84 Å². The molecule has 0 atom stereocenters. The molecule has 2 aromatic rings. The number of carbonyl (C=O) groups is 1. The topological polar surface area (TPSA) is 71.2 Å². The maximum Gasteiger partial charge on any atom is 0.272 e. The molecule has 2 rings (SSSR count). The molecule has 0 aliphatic carbocycles. The summed E-state index contributed by atoms with van der Waals surface area (Å²) in [4.78, 5) is 19.4. The molecule has 1 amide bonds. The van der Waals surface area contributed by atoms with Crippen molar-refractivity contribution in [3.05, 3.63) is 46.4 Å². The van der Waals surface area contributed by atoms with E-state index < -0.39 is 0 Å². The fourth-order valence-electron chi connectivity index (χ4n) is 1.72. The average Bonchev–Trinajstić information content (AvgIpc) is 2.97. The Kier molecular flexibility index (Phi) is 4.48. The highest BCUT2D eigenvalue weighted by Crippen LogP contribution is 2.14. The van der Waals surface area contributed by atoms with E-state index in [1.54, 1.807) is 34.6 Å². The quantitative estimate of drug-likeness (QED) is 0.648. The number of amides is 1. The molecule has 0 saturated heterocycles. The number of aromatic nitrogens is 1. The third kappa shape index (κ3) is 3.30. The van der Waals surface area contributed by atoms with Crippen molar-refractivity contribution in [3.63, 3.8) is 0 Å². The molecular formula is C13H16N4OS. The van der Waals surface area contributed by atoms with Crippen molar-refractivity contribution in [1.82, 2.24) is 9.88 Å². The highest BCUT2D eigenvalue weighted by Gasteiger charge is 2.16. The molecule has 2 aromatic heterocycles. The summed E-state index contributed by atoms with van der Waals surface area (Å²) >= 11 is 1.64. The Morgan fingerprint density at radius 2 is 2.37 bits per heavy atom. The smallest absolute Gasteiger partial charge is 0.272 e. The number of carbonyl (C=O) groups excluding carboxylic acids is 1. The summed E-state index contributed by atoms with van der Waals surface area (Å²) in [6.45, 7) is 3.20. The van der Waals surface area contributed by atoms with Crippen LogP contribution in [-0.4, -0.2) is 22.3 Å². The summed E-state index contributed by atoms with van der Waals surface area (Å²) in [6, 6.07) is 7.37. The predicted octanol–water partition coefficient (Wildman–Crippen LogP) is 2.09. The van der Waals surface area contributed by atoms with Gasteiger partial charge in [0.2, 0.25) is 0 Å². The van der Waals surface area contributed by atoms with E-state index >= 15 is 0 Å². The SMILES string of the molecule is CCN(Cc1cccs1)C(=O)c1cc(NN)ccn1. The van der Waals surface area contributed by atoms with Crippen molar-refractivity contribution in [1.29, 1.82) is 0 Å². The van der Waals surface area contributed by atoms with Crippen molar-refractivity contribution < 1.29 is 4.79 Å². The van der Waals surface area contributed by atoms with Crippen LogP contribution in [0.3, 0.4) is 0 Å². The number of rotatable bonds is 5. The minimum atomic E-state index is -0.0898. The molecule has 0 bridgehead atoms. The lowest BCUT2D eigenvalue weighted by Gasteiger charge is -2.19. The van der Waals surface area contributed by atoms with Crippen LogP contribution in [0.1, 0.15) is 22.3 Å². The van der Waals surface area contributed by atoms with Crippen LogP contribution in [0.15, 0.2) is 35.8 Å². The zero-order chi connectivity index (χ0) is 13.7. The molecule has 19 heavy (non-hydrogen) atoms. The van der Waals surface area contributed by atoms with E-state index in [1.807, 2.05) is 24.4 Å². The second-order valence-corrected chi connectivity index (χ2v) is 5.01. The van der Waals surface area contributed by atoms with E-state index in [0.29, 0.717) is 24.5 Å². The molecule has 5 nitrogen and oxygen atoms in total. The number of hydrogen-bond acceptors (Lipinski definition) is 5. The van der Waals surface area contributed by atoms with Gasteiger partial charge in [-0.15, -0.1) is 11.3 Å². The number of nitrogens with one attached hydrogen (secondary N) is 1. The van der Waals surface area contributed by atoms with Crippen LogP contribution in [-0.2, 0) is 6.54 Å². The van der Waals surface area contributed by atoms with Gasteiger partial charge in [0.1, 0.15) is 5.69 Å². The summed E-state index contributed by atoms with van der Waals surface area (Å²) in [5.74, 6) is 5.25. The number of hydrogen-bond donors (Lipinski definition) is 2. The minimum absolute atomic E-state index is 0.0898. The van der Waals surface area contributed by atoms with Gasteiger partial charge in [-0.05, 0) is 30.5 Å². The first kappa shape index (κ1) is 13.5. The highest BCUT2D eigenvalue weighted by atomic mass is 32.1. The van der Waals surface area contributed by atoms with E-state index in [0.717, 1.165) is 4.88 Å². The van der Waals surface area contributed by atoms with Crippen LogP contribution in [0.25, 0.3) is 0 Å². The van der Waals surface area contributed by atoms with Gasteiger partial charge in [0.25, 0.3) is 5.91 Å². The standard InChI is InChI=1S/C13H16N4OS/c1-2-17(9-11-4-3-7-19-11)13(18)12-8-10(16-14)5-6-15-12/h3-8H,2,9,14H2,1H3,(H,15,16). The van der Waals surface area contributed by atoms with Crippen LogP contribution in [0, 0.1) is 0 Å². The second kappa shape index (κ2) is 6.31. The number of hydrazine groups is 1. The Labute approximate surface area is 116 Å². The number of anilines is 1. The van der Waals surface area contributed by atoms with Gasteiger partial charge in [0, 0.05) is 17.6 Å². The van der Waals surface area contributed by atoms with Gasteiger partial charge in [0.15, 0.2) is 0 Å². The van der Waals surface area contributed by atoms with Gasteiger partial charge in [-0.2, -0.15) is 0 Å². The van der Waals surface area contributed by atoms with Crippen LogP contribution in [0.5, 0.6) is 0 Å². The van der Waals surface area contributed by atoms with Crippen molar-refractivity contribution >= 4 is 22.9 Å². The van der Waals surface area contributed by atoms with E-state index in [2.05, 4.69) is 10.4 Å². The Morgan fingerprint density at radius 3 is 3.00 bits per heavy atom. The molecule has 0 aromatic carbocycles. The molecule has 0 unspecified atom stereocenters. The second-order valence-electron chi connectivity index (χ2n) is 3.97. The molecule has 0 radical (unpaired) electrons. The normalized spacial score (nSPS) is 10.2. The fourth-order valence-corrected chi connectivity index (χ4v) is 2.44. The van der Waals surface area contributed by atoms with Crippen LogP contribution < -0.4 is 11.3 Å². The zero-order valence-corrected chi connectivity index (χ0v) is 11.5. The Bertz CT molecular complexity index is 541. The van der Waals surface area contributed by atoms with Crippen LogP contribution >= 0.6 is 11.3 Å². The van der Waals surface area contributed by atoms with Crippen molar-refractivity contribution in [3.8, 4) is 0 Å². The fraction of sp³-hybridized carbons (Fsp3) is 0.231. The lowest BCUT2D eigenvalue weighted by molar-refractivity contribution is 0.0748. The summed E-state index contributed by atoms with van der Waals surface area (Å²) < 4.78 is 0. The maximum absolute atomic E-state index is 12.4. The Balaban J connectivity index is 2.15. The molecule has 0 spiro atoms. The molecule has 0 aliphatic rings. The molecular weight excluding hydrogens is 260 g/mol. The van der Waals surface area contributed by atoms with Gasteiger partial charge in [-0.3, -0.25) is 15.6 Å². The van der Waals surface area contributed by atoms with E-state index in [-0.39, 0.29) is 5.91 Å². The summed E-state index contributed by atoms with van der Waals surface area (Å²) in [5.41, 5.74) is 3.58. The third-order valence-electron chi connectivity index (χ3n) is 2.74. The Hall–Kier alpha value is -1.92. The number of nitrogen functional groups attached to an aromatic ring is 1. The van der Waals surface area contributed by atoms with Gasteiger partial charge >= 0.3 is 0 Å². The average molecular weight is 276 g/mol. The number of pyridine rings is 1. The third-order valence-corrected chi connectivity index (χ3v) is 3.60. The molecule has 6 heteroatoms. The largest absolute Gasteiger partial charge is 0.332 e. The zero-order valence-electron chi connectivity index (χ0n) is 10.7. The first-order valence-electron chi connectivity index (χ1n) is 5.99. The summed E-state index contributed by atoms with van der Waals surface area (Å²) in [7, 11) is 0. The van der Waals surface area contributed by atoms with Gasteiger partial charge in [-0.25, -0.2) is 0 Å². The monoisotopic (exact) mass is 276 g/mol. The lowest BCUT2D eigenvalue weighted by atomic mass is 10.2. The van der Waals surface area contributed by atoms with Gasteiger partial charge in [0.05, 0.1) is 12.2 Å². The predicted molar refractivity (Wildman–Crippen MR) is 76.8 cm³/mol. The van der Waals surface area contributed by atoms with Gasteiger partial charge in [-0.1, -0.05) is 6.07 Å². The van der Waals surface area contributed by atoms with Crippen molar-refractivity contribution in [2.45, 2.75) is 13.5 Å². The van der Waals surface area contributed by atoms with E-state index in [4.69, 9.17) is 5.84 Å². The molecule has 3 N–H and O–H groups in total. The number of nitrogens with zero attached hydrogens (tertiary/aromatic N) is 2. The van der Waals surface area contributed by atoms with E-state index in [9.17, 15) is 4.79 Å². The molecule has 0 saturated carbocycles. The maximum atomic E-state index is 12.4. The first-order valence-corrected chi connectivity index (χ1v) is 6.87. The summed E-state index contributed by atoms with van der Waals surface area (Å²) in [6.07, 6.45) is 1.57. The molecule has 0 aliphatic heterocycles. The Morgan fingerprint density at radius 1 is 1.53 bits per heavy atom.